The van der Waals surface area contributed by atoms with E-state index in [1.165, 1.54) is 0 Å². The number of aliphatic carboxylic acids is 1. The number of hydrogen-bond acceptors (Lipinski definition) is 4. The Morgan fingerprint density at radius 3 is 2.68 bits per heavy atom. The molecule has 1 N–H and O–H groups in total. The highest BCUT2D eigenvalue weighted by atomic mass is 16.5. The molecule has 104 valence electrons. The molecular formula is C14H19NO4. The van der Waals surface area contributed by atoms with Gasteiger partial charge in [-0.15, -0.1) is 0 Å². The van der Waals surface area contributed by atoms with Crippen molar-refractivity contribution in [2.45, 2.75) is 12.6 Å². The van der Waals surface area contributed by atoms with Gasteiger partial charge in [0.2, 0.25) is 0 Å². The van der Waals surface area contributed by atoms with Gasteiger partial charge in [0.25, 0.3) is 0 Å². The minimum Gasteiger partial charge on any atom is -0.497 e. The van der Waals surface area contributed by atoms with Gasteiger partial charge in [-0.05, 0) is 24.7 Å². The van der Waals surface area contributed by atoms with E-state index >= 15 is 0 Å². The third-order valence-electron chi connectivity index (χ3n) is 3.52. The first-order valence-electron chi connectivity index (χ1n) is 6.25. The van der Waals surface area contributed by atoms with Gasteiger partial charge in [-0.2, -0.15) is 0 Å². The molecule has 0 aromatic heterocycles. The summed E-state index contributed by atoms with van der Waals surface area (Å²) < 4.78 is 10.4. The summed E-state index contributed by atoms with van der Waals surface area (Å²) in [5.41, 5.74) is 1.12. The number of nitrogens with zero attached hydrogens (tertiary/aromatic N) is 1. The van der Waals surface area contributed by atoms with E-state index in [-0.39, 0.29) is 6.04 Å². The van der Waals surface area contributed by atoms with Crippen LogP contribution in [0.3, 0.4) is 0 Å². The molecule has 5 heteroatoms. The summed E-state index contributed by atoms with van der Waals surface area (Å²) in [4.78, 5) is 13.2. The van der Waals surface area contributed by atoms with E-state index < -0.39 is 11.9 Å². The Labute approximate surface area is 112 Å². The summed E-state index contributed by atoms with van der Waals surface area (Å²) in [6.07, 6.45) is 0. The summed E-state index contributed by atoms with van der Waals surface area (Å²) in [6, 6.07) is 7.72. The fourth-order valence-corrected chi connectivity index (χ4v) is 2.35. The predicted molar refractivity (Wildman–Crippen MR) is 70.2 cm³/mol. The van der Waals surface area contributed by atoms with E-state index in [0.29, 0.717) is 19.8 Å². The normalized spacial score (nSPS) is 22.7. The first-order chi connectivity index (χ1) is 9.11. The average Bonchev–Trinajstić information content (AvgIpc) is 2.89. The molecule has 5 nitrogen and oxygen atoms in total. The lowest BCUT2D eigenvalue weighted by atomic mass is 10.0. The maximum absolute atomic E-state index is 11.1. The number of hydrogen-bond donors (Lipinski definition) is 1. The molecule has 1 saturated heterocycles. The van der Waals surface area contributed by atoms with Gasteiger partial charge >= 0.3 is 5.97 Å². The topological polar surface area (TPSA) is 59.0 Å². The SMILES string of the molecule is COc1ccc(CN(C)C2COCC2C(=O)O)cc1. The monoisotopic (exact) mass is 265 g/mol. The summed E-state index contributed by atoms with van der Waals surface area (Å²) in [5.74, 6) is -0.411. The molecule has 1 fully saturated rings. The van der Waals surface area contributed by atoms with Crippen LogP contribution in [0.15, 0.2) is 24.3 Å². The molecule has 1 aromatic carbocycles. The maximum Gasteiger partial charge on any atom is 0.310 e. The molecule has 0 bridgehead atoms. The van der Waals surface area contributed by atoms with E-state index in [2.05, 4.69) is 0 Å². The van der Waals surface area contributed by atoms with Gasteiger partial charge in [0.05, 0.1) is 26.2 Å². The Hall–Kier alpha value is -1.59. The van der Waals surface area contributed by atoms with Crippen molar-refractivity contribution in [3.8, 4) is 5.75 Å². The lowest BCUT2D eigenvalue weighted by molar-refractivity contribution is -0.143. The van der Waals surface area contributed by atoms with Gasteiger partial charge in [-0.3, -0.25) is 9.69 Å². The van der Waals surface area contributed by atoms with Gasteiger partial charge in [-0.1, -0.05) is 12.1 Å². The minimum absolute atomic E-state index is 0.0698. The second-order valence-electron chi connectivity index (χ2n) is 4.81. The van der Waals surface area contributed by atoms with Crippen LogP contribution in [0.2, 0.25) is 0 Å². The highest BCUT2D eigenvalue weighted by molar-refractivity contribution is 5.71. The standard InChI is InChI=1S/C14H19NO4/c1-15(13-9-19-8-12(13)14(16)17)7-10-3-5-11(18-2)6-4-10/h3-6,12-13H,7-9H2,1-2H3,(H,16,17). The lowest BCUT2D eigenvalue weighted by Gasteiger charge is -2.26. The number of likely N-dealkylation sites (N-methyl/N-ethyl adjacent to an activating group) is 1. The van der Waals surface area contributed by atoms with Crippen LogP contribution in [0.4, 0.5) is 0 Å². The van der Waals surface area contributed by atoms with Crippen LogP contribution < -0.4 is 4.74 Å². The van der Waals surface area contributed by atoms with E-state index in [4.69, 9.17) is 14.6 Å². The third-order valence-corrected chi connectivity index (χ3v) is 3.52. The largest absolute Gasteiger partial charge is 0.497 e. The quantitative estimate of drug-likeness (QED) is 0.867. The molecule has 0 spiro atoms. The van der Waals surface area contributed by atoms with Crippen molar-refractivity contribution in [2.24, 2.45) is 5.92 Å². The number of ether oxygens (including phenoxy) is 2. The number of methoxy groups -OCH3 is 1. The van der Waals surface area contributed by atoms with Crippen LogP contribution in [0.5, 0.6) is 5.75 Å². The number of benzene rings is 1. The highest BCUT2D eigenvalue weighted by Gasteiger charge is 2.36. The Kier molecular flexibility index (Phi) is 4.39. The van der Waals surface area contributed by atoms with Crippen molar-refractivity contribution >= 4 is 5.97 Å². The van der Waals surface area contributed by atoms with Gasteiger partial charge in [-0.25, -0.2) is 0 Å². The lowest BCUT2D eigenvalue weighted by Crippen LogP contribution is -2.40. The zero-order valence-corrected chi connectivity index (χ0v) is 11.2. The second-order valence-corrected chi connectivity index (χ2v) is 4.81. The second kappa shape index (κ2) is 6.04. The van der Waals surface area contributed by atoms with Crippen molar-refractivity contribution in [3.63, 3.8) is 0 Å². The zero-order chi connectivity index (χ0) is 13.8. The molecule has 2 rings (SSSR count). The van der Waals surface area contributed by atoms with Crippen molar-refractivity contribution in [2.75, 3.05) is 27.4 Å². The fraction of sp³-hybridized carbons (Fsp3) is 0.500. The molecule has 1 aromatic rings. The fourth-order valence-electron chi connectivity index (χ4n) is 2.35. The van der Waals surface area contributed by atoms with Crippen LogP contribution in [0.25, 0.3) is 0 Å². The molecule has 0 radical (unpaired) electrons. The molecule has 2 unspecified atom stereocenters. The Morgan fingerprint density at radius 1 is 1.42 bits per heavy atom. The van der Waals surface area contributed by atoms with Crippen LogP contribution in [0, 0.1) is 5.92 Å². The molecule has 19 heavy (non-hydrogen) atoms. The minimum atomic E-state index is -0.788. The van der Waals surface area contributed by atoms with Crippen LogP contribution in [-0.2, 0) is 16.1 Å². The molecule has 1 heterocycles. The van der Waals surface area contributed by atoms with E-state index in [9.17, 15) is 4.79 Å². The number of carbonyl (C=O) groups is 1. The third kappa shape index (κ3) is 3.24. The molecule has 2 atom stereocenters. The van der Waals surface area contributed by atoms with Gasteiger partial charge in [0, 0.05) is 12.6 Å². The molecule has 0 aliphatic carbocycles. The first-order valence-corrected chi connectivity index (χ1v) is 6.25. The summed E-state index contributed by atoms with van der Waals surface area (Å²) in [5, 5.41) is 9.14. The van der Waals surface area contributed by atoms with Crippen LogP contribution >= 0.6 is 0 Å². The van der Waals surface area contributed by atoms with Gasteiger partial charge < -0.3 is 14.6 Å². The van der Waals surface area contributed by atoms with Gasteiger partial charge in [0.15, 0.2) is 0 Å². The van der Waals surface area contributed by atoms with Crippen molar-refractivity contribution in [1.29, 1.82) is 0 Å². The molecule has 1 aliphatic heterocycles. The van der Waals surface area contributed by atoms with E-state index in [1.54, 1.807) is 7.11 Å². The number of rotatable bonds is 5. The van der Waals surface area contributed by atoms with Gasteiger partial charge in [0.1, 0.15) is 5.75 Å². The molecular weight excluding hydrogens is 246 g/mol. The summed E-state index contributed by atoms with van der Waals surface area (Å²) in [6.45, 7) is 1.47. The van der Waals surface area contributed by atoms with E-state index in [0.717, 1.165) is 11.3 Å². The average molecular weight is 265 g/mol. The highest BCUT2D eigenvalue weighted by Crippen LogP contribution is 2.21. The predicted octanol–water partition coefficient (Wildman–Crippen LogP) is 1.23. The number of carboxylic acid groups (broad SMARTS) is 1. The Balaban J connectivity index is 1.99. The van der Waals surface area contributed by atoms with Crippen LogP contribution in [-0.4, -0.2) is 49.4 Å². The Morgan fingerprint density at radius 2 is 2.11 bits per heavy atom. The van der Waals surface area contributed by atoms with E-state index in [1.807, 2.05) is 36.2 Å². The zero-order valence-electron chi connectivity index (χ0n) is 11.2. The molecule has 1 aliphatic rings. The van der Waals surface area contributed by atoms with Crippen molar-refractivity contribution in [3.05, 3.63) is 29.8 Å². The molecule has 0 amide bonds. The van der Waals surface area contributed by atoms with Crippen molar-refractivity contribution < 1.29 is 19.4 Å². The van der Waals surface area contributed by atoms with Crippen LogP contribution in [0.1, 0.15) is 5.56 Å². The Bertz CT molecular complexity index is 432. The van der Waals surface area contributed by atoms with Crippen molar-refractivity contribution in [1.82, 2.24) is 4.90 Å². The number of carboxylic acids is 1. The first kappa shape index (κ1) is 13.8. The summed E-state index contributed by atoms with van der Waals surface area (Å²) in [7, 11) is 3.56. The molecule has 0 saturated carbocycles. The maximum atomic E-state index is 11.1. The smallest absolute Gasteiger partial charge is 0.310 e. The summed E-state index contributed by atoms with van der Waals surface area (Å²) >= 11 is 0.